The van der Waals surface area contributed by atoms with Crippen LogP contribution in [0, 0.1) is 31.1 Å². The number of aliphatic carboxylic acids is 1. The van der Waals surface area contributed by atoms with Crippen molar-refractivity contribution >= 4 is 23.3 Å². The Bertz CT molecular complexity index is 1560. The van der Waals surface area contributed by atoms with Crippen molar-refractivity contribution < 1.29 is 24.2 Å². The smallest absolute Gasteiger partial charge is 0.323 e. The van der Waals surface area contributed by atoms with Crippen LogP contribution in [0.15, 0.2) is 72.1 Å². The lowest BCUT2D eigenvalue weighted by Gasteiger charge is -2.30. The predicted molar refractivity (Wildman–Crippen MR) is 196 cm³/mol. The SMILES string of the molecule is C=C=C(C)C12CC1C=C(c1ccc(OC)cc1)C=C2NC(=O)Nc1c(C)cc(CCC)cc1C.CC[C@H](C(=O)O)[C@@H](C)OC(C)(C)CC. The van der Waals surface area contributed by atoms with E-state index in [-0.39, 0.29) is 23.2 Å². The zero-order valence-corrected chi connectivity index (χ0v) is 30.7. The highest BCUT2D eigenvalue weighted by Crippen LogP contribution is 2.65. The van der Waals surface area contributed by atoms with Crippen LogP contribution in [0.1, 0.15) is 96.4 Å². The summed E-state index contributed by atoms with van der Waals surface area (Å²) in [6.07, 6.45) is 8.73. The Balaban J connectivity index is 0.000000378. The maximum atomic E-state index is 13.2. The number of aryl methyl sites for hydroxylation is 3. The highest BCUT2D eigenvalue weighted by molar-refractivity contribution is 5.93. The van der Waals surface area contributed by atoms with Gasteiger partial charge in [0.25, 0.3) is 0 Å². The van der Waals surface area contributed by atoms with Crippen LogP contribution in [0.5, 0.6) is 5.75 Å². The number of fused-ring (bicyclic) bond motifs is 1. The molecule has 0 saturated heterocycles. The molecule has 0 radical (unpaired) electrons. The molecule has 48 heavy (non-hydrogen) atoms. The van der Waals surface area contributed by atoms with Crippen LogP contribution in [0.2, 0.25) is 0 Å². The van der Waals surface area contributed by atoms with Crippen molar-refractivity contribution in [1.82, 2.24) is 5.32 Å². The number of carbonyl (C=O) groups excluding carboxylic acids is 1. The molecular formula is C41H56N2O5. The van der Waals surface area contributed by atoms with Crippen LogP contribution in [-0.4, -0.2) is 35.9 Å². The summed E-state index contributed by atoms with van der Waals surface area (Å²) in [6.45, 7) is 21.9. The normalized spacial score (nSPS) is 19.2. The molecule has 1 saturated carbocycles. The third-order valence-electron chi connectivity index (χ3n) is 9.83. The number of allylic oxidation sites excluding steroid dienone is 4. The van der Waals surface area contributed by atoms with Gasteiger partial charge in [-0.25, -0.2) is 4.79 Å². The van der Waals surface area contributed by atoms with Crippen LogP contribution >= 0.6 is 0 Å². The molecule has 2 aromatic rings. The Kier molecular flexibility index (Phi) is 13.1. The Hall–Kier alpha value is -4.06. The number of hydrogen-bond acceptors (Lipinski definition) is 4. The molecule has 0 spiro atoms. The summed E-state index contributed by atoms with van der Waals surface area (Å²) in [5.74, 6) is -0.0348. The van der Waals surface area contributed by atoms with Gasteiger partial charge in [-0.3, -0.25) is 4.79 Å². The van der Waals surface area contributed by atoms with Gasteiger partial charge in [-0.05, 0) is 125 Å². The number of nitrogens with one attached hydrogen (secondary N) is 2. The van der Waals surface area contributed by atoms with E-state index in [1.807, 2.05) is 53.7 Å². The van der Waals surface area contributed by atoms with Gasteiger partial charge in [-0.2, -0.15) is 0 Å². The number of carboxylic acid groups (broad SMARTS) is 1. The van der Waals surface area contributed by atoms with Crippen LogP contribution in [0.25, 0.3) is 5.57 Å². The van der Waals surface area contributed by atoms with Gasteiger partial charge in [-0.1, -0.05) is 64.1 Å². The summed E-state index contributed by atoms with van der Waals surface area (Å²) in [6, 6.07) is 12.1. The number of hydrogen-bond donors (Lipinski definition) is 3. The Morgan fingerprint density at radius 1 is 1.10 bits per heavy atom. The molecule has 0 heterocycles. The van der Waals surface area contributed by atoms with Crippen molar-refractivity contribution in [3.05, 3.63) is 94.4 Å². The lowest BCUT2D eigenvalue weighted by Crippen LogP contribution is -2.35. The molecule has 3 N–H and O–H groups in total. The second-order valence-electron chi connectivity index (χ2n) is 13.7. The summed E-state index contributed by atoms with van der Waals surface area (Å²) in [4.78, 5) is 24.1. The van der Waals surface area contributed by atoms with Gasteiger partial charge in [0.05, 0.1) is 24.7 Å². The van der Waals surface area contributed by atoms with Crippen molar-refractivity contribution in [2.45, 2.75) is 106 Å². The molecule has 0 bridgehead atoms. The van der Waals surface area contributed by atoms with Gasteiger partial charge in [0.15, 0.2) is 0 Å². The van der Waals surface area contributed by atoms with Gasteiger partial charge in [0, 0.05) is 16.8 Å². The first-order valence-corrected chi connectivity index (χ1v) is 17.2. The number of methoxy groups -OCH3 is 1. The molecule has 4 rings (SSSR count). The fourth-order valence-electron chi connectivity index (χ4n) is 6.58. The van der Waals surface area contributed by atoms with E-state index in [9.17, 15) is 9.59 Å². The highest BCUT2D eigenvalue weighted by atomic mass is 16.5. The third-order valence-corrected chi connectivity index (χ3v) is 9.83. The molecule has 2 aliphatic carbocycles. The van der Waals surface area contributed by atoms with Gasteiger partial charge in [0.1, 0.15) is 5.75 Å². The minimum absolute atomic E-state index is 0.224. The second kappa shape index (κ2) is 16.4. The summed E-state index contributed by atoms with van der Waals surface area (Å²) in [5, 5.41) is 15.2. The quantitative estimate of drug-likeness (QED) is 0.187. The first-order valence-electron chi connectivity index (χ1n) is 17.2. The zero-order valence-electron chi connectivity index (χ0n) is 30.7. The number of carboxylic acids is 1. The standard InChI is InChI=1S/C30H34N2O2.C11H22O3/c1-7-9-22-14-19(3)28(20(4)15-22)32-29(33)31-27-17-24(23-10-12-26(34-6)13-11-23)16-25-18-30(25,27)21(5)8-2;1-6-9(10(12)13)8(3)14-11(4,5)7-2/h10-17,25H,2,7,9,18H2,1,3-6H3,(H2,31,32,33);8-9H,6-7H2,1-5H3,(H,12,13)/t;8-,9+/m.1/s1. The first kappa shape index (κ1) is 38.4. The van der Waals surface area contributed by atoms with E-state index in [0.29, 0.717) is 12.3 Å². The molecule has 2 unspecified atom stereocenters. The minimum Gasteiger partial charge on any atom is -0.497 e. The maximum absolute atomic E-state index is 13.2. The monoisotopic (exact) mass is 656 g/mol. The topological polar surface area (TPSA) is 96.9 Å². The van der Waals surface area contributed by atoms with Crippen molar-refractivity contribution in [2.75, 3.05) is 12.4 Å². The number of urea groups is 1. The van der Waals surface area contributed by atoms with E-state index in [0.717, 1.165) is 70.7 Å². The van der Waals surface area contributed by atoms with E-state index in [4.69, 9.17) is 14.6 Å². The summed E-state index contributed by atoms with van der Waals surface area (Å²) in [5.41, 5.74) is 11.1. The zero-order chi connectivity index (χ0) is 35.8. The van der Waals surface area contributed by atoms with E-state index in [1.165, 1.54) is 5.56 Å². The molecular weight excluding hydrogens is 600 g/mol. The fourth-order valence-corrected chi connectivity index (χ4v) is 6.58. The summed E-state index contributed by atoms with van der Waals surface area (Å²) >= 11 is 0. The summed E-state index contributed by atoms with van der Waals surface area (Å²) < 4.78 is 11.0. The highest BCUT2D eigenvalue weighted by Gasteiger charge is 2.59. The van der Waals surface area contributed by atoms with Gasteiger partial charge in [0.2, 0.25) is 0 Å². The van der Waals surface area contributed by atoms with Crippen molar-refractivity contribution in [2.24, 2.45) is 17.3 Å². The third kappa shape index (κ3) is 9.09. The fraction of sp³-hybridized carbons (Fsp3) is 0.488. The number of carbonyl (C=O) groups is 2. The largest absolute Gasteiger partial charge is 0.497 e. The molecule has 1 fully saturated rings. The van der Waals surface area contributed by atoms with Crippen molar-refractivity contribution in [1.29, 1.82) is 0 Å². The van der Waals surface area contributed by atoms with Gasteiger partial charge >= 0.3 is 12.0 Å². The number of anilines is 1. The lowest BCUT2D eigenvalue weighted by atomic mass is 9.84. The Morgan fingerprint density at radius 3 is 2.23 bits per heavy atom. The van der Waals surface area contributed by atoms with E-state index in [1.54, 1.807) is 7.11 Å². The van der Waals surface area contributed by atoms with Crippen LogP contribution in [0.3, 0.4) is 0 Å². The number of benzene rings is 2. The molecule has 7 heteroatoms. The maximum Gasteiger partial charge on any atom is 0.323 e. The summed E-state index contributed by atoms with van der Waals surface area (Å²) in [7, 11) is 1.67. The van der Waals surface area contributed by atoms with Crippen LogP contribution < -0.4 is 15.4 Å². The first-order chi connectivity index (χ1) is 22.7. The number of amides is 2. The van der Waals surface area contributed by atoms with Gasteiger partial charge < -0.3 is 25.2 Å². The second-order valence-corrected chi connectivity index (χ2v) is 13.7. The van der Waals surface area contributed by atoms with E-state index >= 15 is 0 Å². The average Bonchev–Trinajstić information content (AvgIpc) is 3.79. The van der Waals surface area contributed by atoms with E-state index < -0.39 is 11.9 Å². The molecule has 2 aliphatic rings. The minimum atomic E-state index is -0.771. The molecule has 4 atom stereocenters. The Labute approximate surface area is 288 Å². The van der Waals surface area contributed by atoms with Crippen LogP contribution in [0.4, 0.5) is 10.5 Å². The molecule has 260 valence electrons. The predicted octanol–water partition coefficient (Wildman–Crippen LogP) is 9.80. The molecule has 2 amide bonds. The Morgan fingerprint density at radius 2 is 1.73 bits per heavy atom. The average molecular weight is 657 g/mol. The number of ether oxygens (including phenoxy) is 2. The molecule has 0 aliphatic heterocycles. The molecule has 0 aromatic heterocycles. The molecule has 7 nitrogen and oxygen atoms in total. The van der Waals surface area contributed by atoms with Crippen LogP contribution in [-0.2, 0) is 16.0 Å². The van der Waals surface area contributed by atoms with Crippen molar-refractivity contribution in [3.8, 4) is 5.75 Å². The van der Waals surface area contributed by atoms with Gasteiger partial charge in [-0.15, -0.1) is 5.73 Å². The van der Waals surface area contributed by atoms with E-state index in [2.05, 4.69) is 80.1 Å². The van der Waals surface area contributed by atoms with Crippen molar-refractivity contribution in [3.63, 3.8) is 0 Å². The molecule has 2 aromatic carbocycles. The lowest BCUT2D eigenvalue weighted by molar-refractivity contribution is -0.153. The number of rotatable bonds is 13.